The van der Waals surface area contributed by atoms with E-state index in [1.165, 1.54) is 104 Å². The van der Waals surface area contributed by atoms with E-state index in [-0.39, 0.29) is 21.7 Å². The molecule has 1 atom stereocenters. The van der Waals surface area contributed by atoms with E-state index in [0.29, 0.717) is 0 Å². The largest absolute Gasteiger partial charge is 0.192 e. The Morgan fingerprint density at radius 1 is 0.365 bits per heavy atom. The minimum atomic E-state index is -1.43. The molecule has 0 radical (unpaired) electrons. The topological polar surface area (TPSA) is 0 Å². The van der Waals surface area contributed by atoms with E-state index in [4.69, 9.17) is 0 Å². The van der Waals surface area contributed by atoms with Gasteiger partial charge in [-0.15, -0.1) is 0 Å². The number of hydrogen-bond donors (Lipinski definition) is 0. The highest BCUT2D eigenvalue weighted by Crippen LogP contribution is 2.76. The molecule has 0 nitrogen and oxygen atoms in total. The van der Waals surface area contributed by atoms with E-state index in [2.05, 4.69) is 218 Å². The van der Waals surface area contributed by atoms with E-state index >= 15 is 0 Å². The summed E-state index contributed by atoms with van der Waals surface area (Å²) in [4.78, 5) is 6.25. The van der Waals surface area contributed by atoms with E-state index in [9.17, 15) is 0 Å². The van der Waals surface area contributed by atoms with Crippen LogP contribution in [0.15, 0.2) is 129 Å². The Kier molecular flexibility index (Phi) is 9.11. The van der Waals surface area contributed by atoms with Crippen molar-refractivity contribution in [2.45, 2.75) is 131 Å². The summed E-state index contributed by atoms with van der Waals surface area (Å²) in [5.74, 6) is 1.11. The van der Waals surface area contributed by atoms with Crippen molar-refractivity contribution in [3.05, 3.63) is 131 Å². The Labute approximate surface area is 381 Å². The summed E-state index contributed by atoms with van der Waals surface area (Å²) in [5.41, 5.74) is 16.9. The summed E-state index contributed by atoms with van der Waals surface area (Å²) in [6, 6.07) is 44.2. The number of hydrogen-bond acceptors (Lipinski definition) is 0. The quantitative estimate of drug-likeness (QED) is 0.155. The molecule has 0 bridgehead atoms. The van der Waals surface area contributed by atoms with Crippen molar-refractivity contribution in [1.29, 1.82) is 0 Å². The Bertz CT molecular complexity index is 3180. The maximum Gasteiger partial charge on any atom is 0.0103 e. The number of benzene rings is 8. The van der Waals surface area contributed by atoms with Gasteiger partial charge < -0.3 is 0 Å². The van der Waals surface area contributed by atoms with Crippen LogP contribution in [0.4, 0.5) is 0 Å². The molecule has 63 heavy (non-hydrogen) atoms. The summed E-state index contributed by atoms with van der Waals surface area (Å²) < 4.78 is 0. The monoisotopic (exact) mass is 864 g/mol. The lowest BCUT2D eigenvalue weighted by Gasteiger charge is -2.36. The molecule has 0 aromatic heterocycles. The van der Waals surface area contributed by atoms with Gasteiger partial charge in [0.2, 0.25) is 0 Å². The highest BCUT2D eigenvalue weighted by atomic mass is 32.3. The molecule has 0 saturated heterocycles. The molecule has 0 saturated carbocycles. The van der Waals surface area contributed by atoms with Gasteiger partial charge in [0, 0.05) is 30.7 Å². The van der Waals surface area contributed by atoms with Gasteiger partial charge in [-0.05, 0) is 171 Å². The molecule has 8 aromatic rings. The fourth-order valence-corrected chi connectivity index (χ4v) is 16.9. The fourth-order valence-electron chi connectivity index (χ4n) is 10.9. The van der Waals surface area contributed by atoms with Crippen molar-refractivity contribution < 1.29 is 0 Å². The molecule has 0 amide bonds. The SMILES string of the molecule is CCS1(C)c2cc(-c3ccc(C(C)(C)C)cc3)ccc2-c2c1c1cc(C(C)(C)C)cc3c4c(c5cc(C(C)(C)C)cc2c5c31)S(C)(C)c1cc(-c2ccc(C(C)(C)C)cc2)ccc1-4. The first kappa shape index (κ1) is 42.5. The Hall–Kier alpha value is -4.50. The maximum absolute atomic E-state index is 2.64. The van der Waals surface area contributed by atoms with Crippen molar-refractivity contribution in [3.8, 4) is 44.5 Å². The van der Waals surface area contributed by atoms with E-state index in [1.807, 2.05) is 0 Å². The van der Waals surface area contributed by atoms with Gasteiger partial charge in [-0.1, -0.05) is 163 Å². The van der Waals surface area contributed by atoms with Gasteiger partial charge in [0.1, 0.15) is 0 Å². The Balaban J connectivity index is 1.31. The van der Waals surface area contributed by atoms with Crippen LogP contribution >= 0.6 is 20.1 Å². The predicted molar refractivity (Wildman–Crippen MR) is 283 cm³/mol. The maximum atomic E-state index is 2.64. The summed E-state index contributed by atoms with van der Waals surface area (Å²) in [7, 11) is -2.85. The molecule has 0 N–H and O–H groups in total. The van der Waals surface area contributed by atoms with Crippen LogP contribution < -0.4 is 0 Å². The first-order valence-corrected chi connectivity index (χ1v) is 27.9. The average Bonchev–Trinajstić information content (AvgIpc) is 3.63. The molecule has 2 heterocycles. The standard InChI is InChI=1S/C61H68S2/c1-17-63(16)51-31-39(37-20-26-41(27-21-37)59(5,6)7)23-29-45(51)55-47-33-42(60(8,9)10)34-48-52(47)53-46(32-43(61(11,12)13)35-49(53)57(55)63)54-44-28-22-38(30-50(44)62(14,15)56(48)54)36-18-24-40(25-19-36)58(2,3)4/h18-35H,17H2,1-16H3. The second kappa shape index (κ2) is 13.5. The van der Waals surface area contributed by atoms with Crippen LogP contribution in [-0.4, -0.2) is 24.5 Å². The number of fused-ring (bicyclic) bond motifs is 10. The highest BCUT2D eigenvalue weighted by molar-refractivity contribution is 8.34. The van der Waals surface area contributed by atoms with Crippen LogP contribution in [0.25, 0.3) is 76.8 Å². The van der Waals surface area contributed by atoms with E-state index in [1.54, 1.807) is 14.7 Å². The highest BCUT2D eigenvalue weighted by Gasteiger charge is 2.42. The van der Waals surface area contributed by atoms with Crippen molar-refractivity contribution in [3.63, 3.8) is 0 Å². The fraction of sp³-hybridized carbons (Fsp3) is 0.344. The third kappa shape index (κ3) is 6.24. The van der Waals surface area contributed by atoms with Crippen LogP contribution in [0.2, 0.25) is 0 Å². The van der Waals surface area contributed by atoms with Crippen LogP contribution in [0.3, 0.4) is 0 Å². The molecule has 0 spiro atoms. The van der Waals surface area contributed by atoms with Gasteiger partial charge in [0.05, 0.1) is 0 Å². The third-order valence-electron chi connectivity index (χ3n) is 15.0. The zero-order chi connectivity index (χ0) is 45.1. The van der Waals surface area contributed by atoms with Crippen molar-refractivity contribution in [1.82, 2.24) is 0 Å². The molecule has 1 unspecified atom stereocenters. The first-order chi connectivity index (χ1) is 29.3. The lowest BCUT2D eigenvalue weighted by atomic mass is 9.78. The average molecular weight is 865 g/mol. The smallest absolute Gasteiger partial charge is 0.0103 e. The molecule has 2 aliphatic heterocycles. The molecule has 2 aliphatic rings. The summed E-state index contributed by atoms with van der Waals surface area (Å²) >= 11 is 0. The lowest BCUT2D eigenvalue weighted by Crippen LogP contribution is -2.13. The second-order valence-corrected chi connectivity index (χ2v) is 30.7. The molecule has 8 aromatic carbocycles. The van der Waals surface area contributed by atoms with Crippen LogP contribution in [0, 0.1) is 0 Å². The first-order valence-electron chi connectivity index (χ1n) is 23.2. The van der Waals surface area contributed by atoms with Gasteiger partial charge in [-0.3, -0.25) is 0 Å². The van der Waals surface area contributed by atoms with E-state index in [0.717, 1.165) is 5.75 Å². The van der Waals surface area contributed by atoms with Crippen molar-refractivity contribution in [2.24, 2.45) is 0 Å². The van der Waals surface area contributed by atoms with Gasteiger partial charge in [-0.25, -0.2) is 0 Å². The lowest BCUT2D eigenvalue weighted by molar-refractivity contribution is 0.590. The second-order valence-electron chi connectivity index (χ2n) is 23.6. The Morgan fingerprint density at radius 3 is 1.13 bits per heavy atom. The summed E-state index contributed by atoms with van der Waals surface area (Å²) in [6.07, 6.45) is 7.81. The van der Waals surface area contributed by atoms with Crippen molar-refractivity contribution in [2.75, 3.05) is 24.5 Å². The molecular formula is C61H68S2. The predicted octanol–water partition coefficient (Wildman–Crippen LogP) is 18.4. The van der Waals surface area contributed by atoms with Crippen LogP contribution in [-0.2, 0) is 21.7 Å². The molecule has 324 valence electrons. The van der Waals surface area contributed by atoms with Crippen molar-refractivity contribution >= 4 is 52.4 Å². The minimum absolute atomic E-state index is 0.0215. The Morgan fingerprint density at radius 2 is 0.714 bits per heavy atom. The van der Waals surface area contributed by atoms with E-state index < -0.39 is 20.1 Å². The van der Waals surface area contributed by atoms with Crippen LogP contribution in [0.5, 0.6) is 0 Å². The summed E-state index contributed by atoms with van der Waals surface area (Å²) in [6.45, 7) is 30.7. The summed E-state index contributed by atoms with van der Waals surface area (Å²) in [5, 5.41) is 8.82. The van der Waals surface area contributed by atoms with Gasteiger partial charge in [0.25, 0.3) is 0 Å². The van der Waals surface area contributed by atoms with Crippen LogP contribution in [0.1, 0.15) is 112 Å². The molecule has 0 aliphatic carbocycles. The molecule has 10 rings (SSSR count). The third-order valence-corrected chi connectivity index (χ3v) is 21.7. The minimum Gasteiger partial charge on any atom is -0.192 e. The normalized spacial score (nSPS) is 18.7. The molecule has 0 fully saturated rings. The van der Waals surface area contributed by atoms with Gasteiger partial charge in [0.15, 0.2) is 0 Å². The zero-order valence-electron chi connectivity index (χ0n) is 40.9. The zero-order valence-corrected chi connectivity index (χ0v) is 42.5. The number of rotatable bonds is 3. The van der Waals surface area contributed by atoms with Gasteiger partial charge in [-0.2, -0.15) is 20.1 Å². The molecule has 2 heteroatoms. The van der Waals surface area contributed by atoms with Gasteiger partial charge >= 0.3 is 0 Å². The molecular weight excluding hydrogens is 797 g/mol.